The van der Waals surface area contributed by atoms with E-state index in [4.69, 9.17) is 0 Å². The van der Waals surface area contributed by atoms with Gasteiger partial charge in [-0.2, -0.15) is 0 Å². The molecule has 0 amide bonds. The minimum Gasteiger partial charge on any atom is -0.356 e. The number of aromatic amines is 1. The van der Waals surface area contributed by atoms with E-state index < -0.39 is 10.0 Å². The van der Waals surface area contributed by atoms with Crippen LogP contribution in [0.2, 0.25) is 0 Å². The van der Waals surface area contributed by atoms with E-state index in [0.29, 0.717) is 24.9 Å². The fourth-order valence-electron chi connectivity index (χ4n) is 4.38. The van der Waals surface area contributed by atoms with Crippen LogP contribution in [0.1, 0.15) is 38.5 Å². The molecule has 3 heterocycles. The molecule has 7 nitrogen and oxygen atoms in total. The zero-order valence-electron chi connectivity index (χ0n) is 15.3. The highest BCUT2D eigenvalue weighted by Gasteiger charge is 2.32. The summed E-state index contributed by atoms with van der Waals surface area (Å²) in [6, 6.07) is 2.41. The summed E-state index contributed by atoms with van der Waals surface area (Å²) in [5.41, 5.74) is 0.854. The van der Waals surface area contributed by atoms with Crippen molar-refractivity contribution in [2.24, 2.45) is 5.92 Å². The molecule has 1 aliphatic heterocycles. The number of nitrogens with zero attached hydrogens (tertiary/aromatic N) is 4. The average molecular weight is 378 g/mol. The summed E-state index contributed by atoms with van der Waals surface area (Å²) in [6.07, 6.45) is 9.43. The van der Waals surface area contributed by atoms with E-state index in [0.717, 1.165) is 55.4 Å². The summed E-state index contributed by atoms with van der Waals surface area (Å²) < 4.78 is 26.8. The minimum atomic E-state index is -3.08. The second-order valence-corrected chi connectivity index (χ2v) is 9.62. The van der Waals surface area contributed by atoms with Crippen molar-refractivity contribution in [1.29, 1.82) is 0 Å². The number of fused-ring (bicyclic) bond motifs is 1. The highest BCUT2D eigenvalue weighted by Crippen LogP contribution is 2.32. The first-order chi connectivity index (χ1) is 12.5. The van der Waals surface area contributed by atoms with Crippen LogP contribution in [0, 0.1) is 5.92 Å². The summed E-state index contributed by atoms with van der Waals surface area (Å²) in [7, 11) is -0.992. The number of aromatic nitrogens is 3. The molecule has 1 saturated heterocycles. The Morgan fingerprint density at radius 3 is 2.65 bits per heavy atom. The molecule has 0 atom stereocenters. The van der Waals surface area contributed by atoms with Crippen LogP contribution in [-0.2, 0) is 10.0 Å². The molecule has 2 aliphatic rings. The van der Waals surface area contributed by atoms with Gasteiger partial charge in [-0.1, -0.05) is 0 Å². The lowest BCUT2D eigenvalue weighted by atomic mass is 9.86. The predicted octanol–water partition coefficient (Wildman–Crippen LogP) is 2.38. The number of hydrogen-bond donors (Lipinski definition) is 1. The maximum absolute atomic E-state index is 12.5. The Kier molecular flexibility index (Phi) is 4.88. The standard InChI is InChI=1S/C18H27N5O2S/c1-22(18-16-8-9-19-17(16)20-13-21-18)15-6-4-14(5-7-15)12-26(24,25)23-10-2-3-11-23/h8-9,13-15H,2-7,10-12H2,1H3,(H,19,20,21). The Hall–Kier alpha value is -1.67. The molecule has 1 N–H and O–H groups in total. The normalized spacial score (nSPS) is 25.0. The van der Waals surface area contributed by atoms with Gasteiger partial charge in [0.25, 0.3) is 0 Å². The van der Waals surface area contributed by atoms with E-state index >= 15 is 0 Å². The number of nitrogens with one attached hydrogen (secondary N) is 1. The highest BCUT2D eigenvalue weighted by molar-refractivity contribution is 7.89. The fourth-order valence-corrected chi connectivity index (χ4v) is 6.34. The monoisotopic (exact) mass is 377 g/mol. The smallest absolute Gasteiger partial charge is 0.214 e. The quantitative estimate of drug-likeness (QED) is 0.865. The average Bonchev–Trinajstić information content (AvgIpc) is 3.33. The molecule has 4 rings (SSSR count). The van der Waals surface area contributed by atoms with Gasteiger partial charge >= 0.3 is 0 Å². The van der Waals surface area contributed by atoms with Crippen molar-refractivity contribution in [1.82, 2.24) is 19.3 Å². The van der Waals surface area contributed by atoms with Crippen molar-refractivity contribution >= 4 is 26.9 Å². The van der Waals surface area contributed by atoms with E-state index in [9.17, 15) is 8.42 Å². The van der Waals surface area contributed by atoms with Crippen LogP contribution >= 0.6 is 0 Å². The van der Waals surface area contributed by atoms with Gasteiger partial charge in [0, 0.05) is 32.4 Å². The molecular formula is C18H27N5O2S. The third-order valence-corrected chi connectivity index (χ3v) is 7.98. The molecule has 26 heavy (non-hydrogen) atoms. The zero-order chi connectivity index (χ0) is 18.1. The molecule has 2 aromatic rings. The van der Waals surface area contributed by atoms with E-state index in [1.807, 2.05) is 12.3 Å². The van der Waals surface area contributed by atoms with Crippen molar-refractivity contribution in [2.45, 2.75) is 44.6 Å². The fraction of sp³-hybridized carbons (Fsp3) is 0.667. The lowest BCUT2D eigenvalue weighted by Gasteiger charge is -2.35. The lowest BCUT2D eigenvalue weighted by molar-refractivity contribution is 0.336. The number of anilines is 1. The Labute approximate surface area is 154 Å². The van der Waals surface area contributed by atoms with Gasteiger partial charge in [-0.15, -0.1) is 0 Å². The molecular weight excluding hydrogens is 350 g/mol. The Morgan fingerprint density at radius 1 is 1.19 bits per heavy atom. The maximum Gasteiger partial charge on any atom is 0.214 e. The molecule has 0 unspecified atom stereocenters. The van der Waals surface area contributed by atoms with Crippen LogP contribution in [0.15, 0.2) is 18.6 Å². The van der Waals surface area contributed by atoms with Gasteiger partial charge in [-0.25, -0.2) is 22.7 Å². The minimum absolute atomic E-state index is 0.280. The van der Waals surface area contributed by atoms with Gasteiger partial charge in [-0.3, -0.25) is 0 Å². The van der Waals surface area contributed by atoms with Gasteiger partial charge < -0.3 is 9.88 Å². The van der Waals surface area contributed by atoms with Crippen molar-refractivity contribution < 1.29 is 8.42 Å². The molecule has 0 aromatic carbocycles. The Morgan fingerprint density at radius 2 is 1.92 bits per heavy atom. The molecule has 0 spiro atoms. The van der Waals surface area contributed by atoms with Gasteiger partial charge in [0.05, 0.1) is 11.1 Å². The highest BCUT2D eigenvalue weighted by atomic mass is 32.2. The molecule has 0 bridgehead atoms. The number of H-pyrrole nitrogens is 1. The molecule has 8 heteroatoms. The van der Waals surface area contributed by atoms with E-state index in [-0.39, 0.29) is 5.92 Å². The largest absolute Gasteiger partial charge is 0.356 e. The Balaban J connectivity index is 1.38. The second-order valence-electron chi connectivity index (χ2n) is 7.61. The lowest BCUT2D eigenvalue weighted by Crippen LogP contribution is -2.39. The topological polar surface area (TPSA) is 82.2 Å². The molecule has 0 radical (unpaired) electrons. The van der Waals surface area contributed by atoms with Crippen molar-refractivity contribution in [3.05, 3.63) is 18.6 Å². The number of sulfonamides is 1. The van der Waals surface area contributed by atoms with Gasteiger partial charge in [-0.05, 0) is 50.5 Å². The van der Waals surface area contributed by atoms with Crippen LogP contribution in [0.25, 0.3) is 11.0 Å². The van der Waals surface area contributed by atoms with Crippen LogP contribution < -0.4 is 4.90 Å². The third kappa shape index (κ3) is 3.44. The second kappa shape index (κ2) is 7.15. The van der Waals surface area contributed by atoms with Gasteiger partial charge in [0.2, 0.25) is 10.0 Å². The number of rotatable bonds is 5. The summed E-state index contributed by atoms with van der Waals surface area (Å²) in [4.78, 5) is 14.1. The van der Waals surface area contributed by atoms with Crippen molar-refractivity contribution in [3.63, 3.8) is 0 Å². The van der Waals surface area contributed by atoms with Crippen LogP contribution in [0.3, 0.4) is 0 Å². The third-order valence-electron chi connectivity index (χ3n) is 5.94. The van der Waals surface area contributed by atoms with E-state index in [1.54, 1.807) is 10.6 Å². The van der Waals surface area contributed by atoms with E-state index in [1.165, 1.54) is 0 Å². The number of hydrogen-bond acceptors (Lipinski definition) is 5. The van der Waals surface area contributed by atoms with Gasteiger partial charge in [0.15, 0.2) is 0 Å². The van der Waals surface area contributed by atoms with Crippen molar-refractivity contribution in [3.8, 4) is 0 Å². The first kappa shape index (κ1) is 17.7. The van der Waals surface area contributed by atoms with E-state index in [2.05, 4.69) is 26.9 Å². The van der Waals surface area contributed by atoms with Crippen LogP contribution in [0.4, 0.5) is 5.82 Å². The predicted molar refractivity (Wildman–Crippen MR) is 103 cm³/mol. The maximum atomic E-state index is 12.5. The van der Waals surface area contributed by atoms with Gasteiger partial charge in [0.1, 0.15) is 17.8 Å². The zero-order valence-corrected chi connectivity index (χ0v) is 16.1. The van der Waals surface area contributed by atoms with Crippen molar-refractivity contribution in [2.75, 3.05) is 30.8 Å². The first-order valence-corrected chi connectivity index (χ1v) is 11.1. The SMILES string of the molecule is CN(c1ncnc2[nH]ccc12)C1CCC(CS(=O)(=O)N2CCCC2)CC1. The Bertz CT molecular complexity index is 851. The van der Waals surface area contributed by atoms with Crippen LogP contribution in [-0.4, -0.2) is 59.6 Å². The molecule has 1 aliphatic carbocycles. The summed E-state index contributed by atoms with van der Waals surface area (Å²) >= 11 is 0. The molecule has 1 saturated carbocycles. The van der Waals surface area contributed by atoms with Crippen LogP contribution in [0.5, 0.6) is 0 Å². The molecule has 142 valence electrons. The molecule has 2 fully saturated rings. The summed E-state index contributed by atoms with van der Waals surface area (Å²) in [5, 5.41) is 1.04. The molecule has 2 aromatic heterocycles. The first-order valence-electron chi connectivity index (χ1n) is 9.53. The summed E-state index contributed by atoms with van der Waals surface area (Å²) in [6.45, 7) is 1.42. The summed E-state index contributed by atoms with van der Waals surface area (Å²) in [5.74, 6) is 1.55.